The van der Waals surface area contributed by atoms with Crippen LogP contribution in [0.1, 0.15) is 40.0 Å². The summed E-state index contributed by atoms with van der Waals surface area (Å²) in [5.41, 5.74) is 7.05. The van der Waals surface area contributed by atoms with Crippen molar-refractivity contribution in [2.24, 2.45) is 11.3 Å². The van der Waals surface area contributed by atoms with Crippen LogP contribution < -0.4 is 10.5 Å². The van der Waals surface area contributed by atoms with E-state index < -0.39 is 0 Å². The summed E-state index contributed by atoms with van der Waals surface area (Å²) in [5.74, 6) is 1.65. The fraction of sp³-hybridized carbons (Fsp3) is 0.667. The minimum absolute atomic E-state index is 0.436. The summed E-state index contributed by atoms with van der Waals surface area (Å²) in [5, 5.41) is 0. The highest BCUT2D eigenvalue weighted by atomic mass is 16.5. The van der Waals surface area contributed by atoms with E-state index in [4.69, 9.17) is 10.5 Å². The molecule has 0 radical (unpaired) electrons. The first-order chi connectivity index (χ1) is 9.97. The molecular weight excluding hydrogens is 260 g/mol. The van der Waals surface area contributed by atoms with Crippen molar-refractivity contribution >= 4 is 5.69 Å². The van der Waals surface area contributed by atoms with Gasteiger partial charge in [-0.05, 0) is 55.8 Å². The minimum Gasteiger partial charge on any atom is -0.490 e. The van der Waals surface area contributed by atoms with Gasteiger partial charge in [-0.2, -0.15) is 0 Å². The number of rotatable bonds is 4. The van der Waals surface area contributed by atoms with Gasteiger partial charge in [0, 0.05) is 6.54 Å². The van der Waals surface area contributed by atoms with Crippen molar-refractivity contribution in [1.29, 1.82) is 0 Å². The molecule has 3 heteroatoms. The molecule has 2 rings (SSSR count). The van der Waals surface area contributed by atoms with Gasteiger partial charge >= 0.3 is 0 Å². The van der Waals surface area contributed by atoms with Gasteiger partial charge < -0.3 is 10.5 Å². The smallest absolute Gasteiger partial charge is 0.142 e. The molecule has 118 valence electrons. The predicted octanol–water partition coefficient (Wildman–Crippen LogP) is 3.80. The quantitative estimate of drug-likeness (QED) is 0.857. The fourth-order valence-corrected chi connectivity index (χ4v) is 3.14. The normalized spacial score (nSPS) is 21.0. The fourth-order valence-electron chi connectivity index (χ4n) is 3.14. The summed E-state index contributed by atoms with van der Waals surface area (Å²) in [6.07, 6.45) is 3.96. The van der Waals surface area contributed by atoms with Crippen LogP contribution in [0.4, 0.5) is 5.69 Å². The molecule has 21 heavy (non-hydrogen) atoms. The van der Waals surface area contributed by atoms with Gasteiger partial charge in [0.2, 0.25) is 0 Å². The molecule has 1 unspecified atom stereocenters. The Morgan fingerprint density at radius 1 is 1.19 bits per heavy atom. The van der Waals surface area contributed by atoms with Crippen LogP contribution in [0.2, 0.25) is 0 Å². The summed E-state index contributed by atoms with van der Waals surface area (Å²) in [6.45, 7) is 11.2. The van der Waals surface area contributed by atoms with Crippen LogP contribution in [0.5, 0.6) is 5.75 Å². The highest BCUT2D eigenvalue weighted by Gasteiger charge is 2.26. The molecule has 0 spiro atoms. The number of hydrogen-bond donors (Lipinski definition) is 1. The standard InChI is InChI=1S/C18H30N2O/c1-18(2,3)15-7-6-11-20(12-10-15)13-14-21-17-9-5-4-8-16(17)19/h4-5,8-9,15H,6-7,10-14,19H2,1-3H3. The topological polar surface area (TPSA) is 38.5 Å². The first-order valence-electron chi connectivity index (χ1n) is 8.16. The lowest BCUT2D eigenvalue weighted by atomic mass is 9.77. The van der Waals surface area contributed by atoms with Gasteiger partial charge in [0.1, 0.15) is 12.4 Å². The zero-order chi connectivity index (χ0) is 15.3. The highest BCUT2D eigenvalue weighted by Crippen LogP contribution is 2.34. The monoisotopic (exact) mass is 290 g/mol. The summed E-state index contributed by atoms with van der Waals surface area (Å²) in [7, 11) is 0. The Hall–Kier alpha value is -1.22. The van der Waals surface area contributed by atoms with Crippen LogP contribution in [0.25, 0.3) is 0 Å². The van der Waals surface area contributed by atoms with Crippen molar-refractivity contribution in [2.45, 2.75) is 40.0 Å². The van der Waals surface area contributed by atoms with Crippen molar-refractivity contribution in [3.05, 3.63) is 24.3 Å². The molecule has 0 aromatic heterocycles. The van der Waals surface area contributed by atoms with Crippen LogP contribution in [0, 0.1) is 11.3 Å². The van der Waals surface area contributed by atoms with E-state index in [1.54, 1.807) is 0 Å². The van der Waals surface area contributed by atoms with E-state index in [0.717, 1.165) is 23.9 Å². The minimum atomic E-state index is 0.436. The number of nitrogens with zero attached hydrogens (tertiary/aromatic N) is 1. The third kappa shape index (κ3) is 4.92. The van der Waals surface area contributed by atoms with Gasteiger partial charge in [-0.25, -0.2) is 0 Å². The van der Waals surface area contributed by atoms with Crippen molar-refractivity contribution in [1.82, 2.24) is 4.90 Å². The Balaban J connectivity index is 1.76. The molecule has 1 aliphatic heterocycles. The molecule has 1 saturated heterocycles. The maximum Gasteiger partial charge on any atom is 0.142 e. The van der Waals surface area contributed by atoms with Gasteiger partial charge in [-0.15, -0.1) is 0 Å². The van der Waals surface area contributed by atoms with Crippen LogP contribution in [-0.2, 0) is 0 Å². The average molecular weight is 290 g/mol. The number of nitrogen functional groups attached to an aromatic ring is 1. The SMILES string of the molecule is CC(C)(C)C1CCCN(CCOc2ccccc2N)CC1. The Morgan fingerprint density at radius 2 is 1.95 bits per heavy atom. The molecule has 1 atom stereocenters. The Bertz CT molecular complexity index is 439. The molecule has 1 aromatic carbocycles. The lowest BCUT2D eigenvalue weighted by Gasteiger charge is -2.29. The second-order valence-electron chi connectivity index (χ2n) is 7.22. The van der Waals surface area contributed by atoms with E-state index in [0.29, 0.717) is 12.0 Å². The van der Waals surface area contributed by atoms with E-state index in [9.17, 15) is 0 Å². The van der Waals surface area contributed by atoms with Crippen molar-refractivity contribution < 1.29 is 4.74 Å². The molecule has 2 N–H and O–H groups in total. The third-order valence-corrected chi connectivity index (χ3v) is 4.63. The maximum absolute atomic E-state index is 5.89. The Morgan fingerprint density at radius 3 is 2.67 bits per heavy atom. The molecule has 1 aliphatic rings. The van der Waals surface area contributed by atoms with E-state index in [-0.39, 0.29) is 0 Å². The molecule has 0 bridgehead atoms. The van der Waals surface area contributed by atoms with Gasteiger partial charge in [0.25, 0.3) is 0 Å². The lowest BCUT2D eigenvalue weighted by Crippen LogP contribution is -2.30. The molecule has 3 nitrogen and oxygen atoms in total. The Kier molecular flexibility index (Phi) is 5.51. The summed E-state index contributed by atoms with van der Waals surface area (Å²) in [6, 6.07) is 7.72. The number of benzene rings is 1. The predicted molar refractivity (Wildman–Crippen MR) is 89.6 cm³/mol. The third-order valence-electron chi connectivity index (χ3n) is 4.63. The first-order valence-corrected chi connectivity index (χ1v) is 8.16. The second-order valence-corrected chi connectivity index (χ2v) is 7.22. The number of ether oxygens (including phenoxy) is 1. The number of anilines is 1. The van der Waals surface area contributed by atoms with Gasteiger partial charge in [-0.3, -0.25) is 4.90 Å². The number of para-hydroxylation sites is 2. The maximum atomic E-state index is 5.89. The Labute approximate surface area is 129 Å². The van der Waals surface area contributed by atoms with E-state index in [1.807, 2.05) is 24.3 Å². The summed E-state index contributed by atoms with van der Waals surface area (Å²) < 4.78 is 5.81. The molecule has 1 aromatic rings. The summed E-state index contributed by atoms with van der Waals surface area (Å²) >= 11 is 0. The molecule has 0 aliphatic carbocycles. The van der Waals surface area contributed by atoms with Crippen LogP contribution >= 0.6 is 0 Å². The van der Waals surface area contributed by atoms with E-state index in [2.05, 4.69) is 25.7 Å². The zero-order valence-corrected chi connectivity index (χ0v) is 13.8. The molecule has 0 saturated carbocycles. The lowest BCUT2D eigenvalue weighted by molar-refractivity contribution is 0.193. The first kappa shape index (κ1) is 16.2. The van der Waals surface area contributed by atoms with Crippen molar-refractivity contribution in [3.63, 3.8) is 0 Å². The van der Waals surface area contributed by atoms with Gasteiger partial charge in [0.15, 0.2) is 0 Å². The van der Waals surface area contributed by atoms with Crippen LogP contribution in [0.3, 0.4) is 0 Å². The summed E-state index contributed by atoms with van der Waals surface area (Å²) in [4.78, 5) is 2.53. The largest absolute Gasteiger partial charge is 0.490 e. The van der Waals surface area contributed by atoms with Crippen LogP contribution in [-0.4, -0.2) is 31.1 Å². The van der Waals surface area contributed by atoms with Gasteiger partial charge in [0.05, 0.1) is 5.69 Å². The second kappa shape index (κ2) is 7.17. The van der Waals surface area contributed by atoms with E-state index >= 15 is 0 Å². The molecule has 0 amide bonds. The van der Waals surface area contributed by atoms with Gasteiger partial charge in [-0.1, -0.05) is 32.9 Å². The highest BCUT2D eigenvalue weighted by molar-refractivity contribution is 5.51. The molecular formula is C18H30N2O. The van der Waals surface area contributed by atoms with E-state index in [1.165, 1.54) is 32.4 Å². The number of nitrogens with two attached hydrogens (primary N) is 1. The molecule has 1 fully saturated rings. The zero-order valence-electron chi connectivity index (χ0n) is 13.8. The number of likely N-dealkylation sites (tertiary alicyclic amines) is 1. The van der Waals surface area contributed by atoms with Crippen molar-refractivity contribution in [3.8, 4) is 5.75 Å². The van der Waals surface area contributed by atoms with Crippen molar-refractivity contribution in [2.75, 3.05) is 32.0 Å². The average Bonchev–Trinajstić information content (AvgIpc) is 2.66. The number of hydrogen-bond acceptors (Lipinski definition) is 3. The van der Waals surface area contributed by atoms with Crippen LogP contribution in [0.15, 0.2) is 24.3 Å². The molecule has 1 heterocycles.